The van der Waals surface area contributed by atoms with E-state index in [-0.39, 0.29) is 12.5 Å². The van der Waals surface area contributed by atoms with Gasteiger partial charge in [0, 0.05) is 26.3 Å². The zero-order chi connectivity index (χ0) is 23.3. The molecule has 7 nitrogen and oxygen atoms in total. The number of aliphatic hydroxyl groups is 1. The van der Waals surface area contributed by atoms with E-state index < -0.39 is 0 Å². The van der Waals surface area contributed by atoms with Crippen LogP contribution in [-0.2, 0) is 4.74 Å². The van der Waals surface area contributed by atoms with Crippen molar-refractivity contribution in [3.05, 3.63) is 47.7 Å². The molecule has 0 amide bonds. The number of benzene rings is 1. The molecular weight excluding hydrogens is 402 g/mol. The zero-order valence-corrected chi connectivity index (χ0v) is 19.8. The molecule has 174 valence electrons. The number of rotatable bonds is 14. The first-order valence-electron chi connectivity index (χ1n) is 11.4. The molecule has 1 unspecified atom stereocenters. The molecule has 0 aliphatic carbocycles. The van der Waals surface area contributed by atoms with Crippen molar-refractivity contribution in [2.75, 3.05) is 43.5 Å². The number of aryl methyl sites for hydroxylation is 1. The summed E-state index contributed by atoms with van der Waals surface area (Å²) in [4.78, 5) is 14.2. The standard InChI is InChI=1S/C25H37N5O2/c1-6-20(17-31)13-14-26-24-23(18(4)28-22-12-10-9-11-21(22)7-2)19(5)29-25(30-24)27-15-16-32-8-3/h7,9-12,20,31H,2,6,8,13-17H2,1,3-5H3,(H2,26,27,29,30). The number of nitrogens with one attached hydrogen (secondary N) is 2. The van der Waals surface area contributed by atoms with Crippen molar-refractivity contribution in [1.82, 2.24) is 9.97 Å². The van der Waals surface area contributed by atoms with Crippen LogP contribution in [0.2, 0.25) is 0 Å². The largest absolute Gasteiger partial charge is 0.396 e. The van der Waals surface area contributed by atoms with Crippen LogP contribution >= 0.6 is 0 Å². The lowest BCUT2D eigenvalue weighted by Crippen LogP contribution is -2.18. The maximum absolute atomic E-state index is 9.51. The van der Waals surface area contributed by atoms with E-state index in [0.717, 1.165) is 46.9 Å². The van der Waals surface area contributed by atoms with Crippen LogP contribution in [0.25, 0.3) is 6.08 Å². The van der Waals surface area contributed by atoms with E-state index >= 15 is 0 Å². The fourth-order valence-corrected chi connectivity index (χ4v) is 3.41. The number of hydrogen-bond donors (Lipinski definition) is 3. The number of aliphatic hydroxyl groups excluding tert-OH is 1. The van der Waals surface area contributed by atoms with Gasteiger partial charge in [0.2, 0.25) is 5.95 Å². The van der Waals surface area contributed by atoms with Gasteiger partial charge in [-0.15, -0.1) is 0 Å². The molecule has 0 bridgehead atoms. The molecule has 0 saturated heterocycles. The third-order valence-electron chi connectivity index (χ3n) is 5.31. The van der Waals surface area contributed by atoms with Gasteiger partial charge in [-0.25, -0.2) is 4.98 Å². The smallest absolute Gasteiger partial charge is 0.224 e. The van der Waals surface area contributed by atoms with Crippen molar-refractivity contribution in [3.63, 3.8) is 0 Å². The number of para-hydroxylation sites is 1. The van der Waals surface area contributed by atoms with Gasteiger partial charge in [0.15, 0.2) is 0 Å². The summed E-state index contributed by atoms with van der Waals surface area (Å²) in [6.07, 6.45) is 3.61. The summed E-state index contributed by atoms with van der Waals surface area (Å²) >= 11 is 0. The van der Waals surface area contributed by atoms with Crippen molar-refractivity contribution >= 4 is 29.2 Å². The molecule has 1 aromatic carbocycles. The van der Waals surface area contributed by atoms with Gasteiger partial charge in [-0.3, -0.25) is 4.99 Å². The van der Waals surface area contributed by atoms with E-state index in [1.807, 2.05) is 45.0 Å². The molecule has 0 fully saturated rings. The molecule has 2 aromatic rings. The number of anilines is 2. The molecule has 3 N–H and O–H groups in total. The summed E-state index contributed by atoms with van der Waals surface area (Å²) in [5.41, 5.74) is 4.39. The quantitative estimate of drug-likeness (QED) is 0.288. The molecule has 0 radical (unpaired) electrons. The second-order valence-corrected chi connectivity index (χ2v) is 7.61. The molecule has 2 rings (SSSR count). The van der Waals surface area contributed by atoms with Crippen LogP contribution in [0.3, 0.4) is 0 Å². The Morgan fingerprint density at radius 2 is 2.00 bits per heavy atom. The van der Waals surface area contributed by atoms with Gasteiger partial charge in [-0.2, -0.15) is 4.98 Å². The van der Waals surface area contributed by atoms with Gasteiger partial charge in [0.1, 0.15) is 5.82 Å². The Balaban J connectivity index is 2.35. The Bertz CT molecular complexity index is 894. The molecule has 0 aliphatic rings. The van der Waals surface area contributed by atoms with Crippen LogP contribution in [0.4, 0.5) is 17.5 Å². The van der Waals surface area contributed by atoms with Crippen LogP contribution in [-0.4, -0.2) is 53.7 Å². The summed E-state index contributed by atoms with van der Waals surface area (Å²) in [7, 11) is 0. The first-order valence-corrected chi connectivity index (χ1v) is 11.4. The van der Waals surface area contributed by atoms with E-state index in [0.29, 0.717) is 32.3 Å². The minimum Gasteiger partial charge on any atom is -0.396 e. The topological polar surface area (TPSA) is 91.7 Å². The Hall–Kier alpha value is -2.77. The minimum absolute atomic E-state index is 0.191. The minimum atomic E-state index is 0.191. The number of ether oxygens (including phenoxy) is 1. The molecule has 7 heteroatoms. The van der Waals surface area contributed by atoms with Crippen LogP contribution in [0.5, 0.6) is 0 Å². The lowest BCUT2D eigenvalue weighted by Gasteiger charge is -2.17. The SMILES string of the molecule is C=Cc1ccccc1N=C(C)c1c(C)nc(NCCOCC)nc1NCCC(CC)CO. The number of nitrogens with zero attached hydrogens (tertiary/aromatic N) is 3. The van der Waals surface area contributed by atoms with Gasteiger partial charge in [0.05, 0.1) is 29.3 Å². The second-order valence-electron chi connectivity index (χ2n) is 7.61. The van der Waals surface area contributed by atoms with E-state index in [4.69, 9.17) is 14.7 Å². The van der Waals surface area contributed by atoms with Crippen molar-refractivity contribution < 1.29 is 9.84 Å². The molecule has 1 aromatic heterocycles. The summed E-state index contributed by atoms with van der Waals surface area (Å²) < 4.78 is 5.40. The molecule has 1 atom stereocenters. The maximum Gasteiger partial charge on any atom is 0.224 e. The van der Waals surface area contributed by atoms with E-state index in [2.05, 4.69) is 29.1 Å². The molecule has 32 heavy (non-hydrogen) atoms. The van der Waals surface area contributed by atoms with Gasteiger partial charge in [-0.1, -0.05) is 44.2 Å². The zero-order valence-electron chi connectivity index (χ0n) is 19.8. The van der Waals surface area contributed by atoms with Crippen molar-refractivity contribution in [3.8, 4) is 0 Å². The summed E-state index contributed by atoms with van der Waals surface area (Å²) in [5, 5.41) is 16.2. The molecule has 1 heterocycles. The Labute approximate surface area is 192 Å². The fraction of sp³-hybridized carbons (Fsp3) is 0.480. The maximum atomic E-state index is 9.51. The first-order chi connectivity index (χ1) is 15.5. The molecule has 0 aliphatic heterocycles. The summed E-state index contributed by atoms with van der Waals surface area (Å²) in [6, 6.07) is 7.90. The van der Waals surface area contributed by atoms with Crippen LogP contribution in [0, 0.1) is 12.8 Å². The van der Waals surface area contributed by atoms with Gasteiger partial charge >= 0.3 is 0 Å². The fourth-order valence-electron chi connectivity index (χ4n) is 3.41. The Morgan fingerprint density at radius 1 is 1.22 bits per heavy atom. The Morgan fingerprint density at radius 3 is 2.69 bits per heavy atom. The summed E-state index contributed by atoms with van der Waals surface area (Å²) in [6.45, 7) is 14.7. The second kappa shape index (κ2) is 13.6. The Kier molecular flexibility index (Phi) is 10.8. The third kappa shape index (κ3) is 7.43. The number of aliphatic imine (C=N–C) groups is 1. The number of aromatic nitrogens is 2. The average molecular weight is 440 g/mol. The van der Waals surface area contributed by atoms with Gasteiger partial charge in [-0.05, 0) is 44.7 Å². The average Bonchev–Trinajstić information content (AvgIpc) is 2.79. The number of hydrogen-bond acceptors (Lipinski definition) is 7. The molecule has 0 spiro atoms. The van der Waals surface area contributed by atoms with Crippen LogP contribution in [0.15, 0.2) is 35.8 Å². The van der Waals surface area contributed by atoms with E-state index in [1.165, 1.54) is 0 Å². The van der Waals surface area contributed by atoms with Gasteiger partial charge < -0.3 is 20.5 Å². The predicted molar refractivity (Wildman–Crippen MR) is 134 cm³/mol. The monoisotopic (exact) mass is 439 g/mol. The molecule has 0 saturated carbocycles. The van der Waals surface area contributed by atoms with E-state index in [9.17, 15) is 5.11 Å². The van der Waals surface area contributed by atoms with Gasteiger partial charge in [0.25, 0.3) is 0 Å². The summed E-state index contributed by atoms with van der Waals surface area (Å²) in [5.74, 6) is 1.57. The highest BCUT2D eigenvalue weighted by molar-refractivity contribution is 6.05. The first kappa shape index (κ1) is 25.5. The third-order valence-corrected chi connectivity index (χ3v) is 5.31. The molecular formula is C25H37N5O2. The highest BCUT2D eigenvalue weighted by Crippen LogP contribution is 2.25. The highest BCUT2D eigenvalue weighted by atomic mass is 16.5. The highest BCUT2D eigenvalue weighted by Gasteiger charge is 2.16. The van der Waals surface area contributed by atoms with Crippen molar-refractivity contribution in [1.29, 1.82) is 0 Å². The predicted octanol–water partition coefficient (Wildman–Crippen LogP) is 4.84. The van der Waals surface area contributed by atoms with E-state index in [1.54, 1.807) is 6.08 Å². The normalized spacial score (nSPS) is 12.5. The van der Waals surface area contributed by atoms with Crippen molar-refractivity contribution in [2.45, 2.75) is 40.5 Å². The van der Waals surface area contributed by atoms with Crippen LogP contribution < -0.4 is 10.6 Å². The lowest BCUT2D eigenvalue weighted by atomic mass is 10.0. The van der Waals surface area contributed by atoms with Crippen molar-refractivity contribution in [2.24, 2.45) is 10.9 Å². The van der Waals surface area contributed by atoms with Crippen LogP contribution in [0.1, 0.15) is 50.4 Å². The lowest BCUT2D eigenvalue weighted by molar-refractivity contribution is 0.158.